The molecule has 45 heavy (non-hydrogen) atoms. The number of hydrogen-bond acceptors (Lipinski definition) is 10. The van der Waals surface area contributed by atoms with Crippen LogP contribution >= 0.6 is 23.1 Å². The van der Waals surface area contributed by atoms with E-state index >= 15 is 0 Å². The summed E-state index contributed by atoms with van der Waals surface area (Å²) in [5.41, 5.74) is 7.29. The first kappa shape index (κ1) is 32.7. The fourth-order valence-electron chi connectivity index (χ4n) is 5.00. The molecule has 3 atom stereocenters. The molecule has 2 amide bonds. The van der Waals surface area contributed by atoms with Crippen molar-refractivity contribution in [2.45, 2.75) is 68.6 Å². The minimum absolute atomic E-state index is 0.00998. The van der Waals surface area contributed by atoms with Crippen LogP contribution in [-0.4, -0.2) is 44.2 Å². The van der Waals surface area contributed by atoms with E-state index in [-0.39, 0.29) is 37.6 Å². The quantitative estimate of drug-likeness (QED) is 0.0824. The lowest BCUT2D eigenvalue weighted by Crippen LogP contribution is -2.31. The largest absolute Gasteiger partial charge is 0.392 e. The zero-order valence-electron chi connectivity index (χ0n) is 24.8. The third-order valence-corrected chi connectivity index (χ3v) is 9.46. The Labute approximate surface area is 270 Å². The molecule has 0 aliphatic carbocycles. The summed E-state index contributed by atoms with van der Waals surface area (Å²) in [5, 5.41) is 30.3. The fraction of sp³-hybridized carbons (Fsp3) is 0.333. The van der Waals surface area contributed by atoms with Crippen LogP contribution in [0.1, 0.15) is 65.3 Å². The van der Waals surface area contributed by atoms with Crippen molar-refractivity contribution in [3.63, 3.8) is 0 Å². The molecule has 0 bridgehead atoms. The number of nitrogens with zero attached hydrogens (tertiary/aromatic N) is 2. The van der Waals surface area contributed by atoms with Gasteiger partial charge in [-0.1, -0.05) is 83.8 Å². The molecular weight excluding hydrogens is 613 g/mol. The maximum absolute atomic E-state index is 12.2. The lowest BCUT2D eigenvalue weighted by molar-refractivity contribution is -0.245. The van der Waals surface area contributed by atoms with Crippen molar-refractivity contribution in [1.82, 2.24) is 21.0 Å². The van der Waals surface area contributed by atoms with E-state index in [1.807, 2.05) is 73.7 Å². The van der Waals surface area contributed by atoms with Gasteiger partial charge >= 0.3 is 0 Å². The van der Waals surface area contributed by atoms with E-state index in [4.69, 9.17) is 14.7 Å². The van der Waals surface area contributed by atoms with Crippen molar-refractivity contribution < 1.29 is 29.4 Å². The molecule has 2 heterocycles. The Kier molecular flexibility index (Phi) is 11.7. The maximum Gasteiger partial charge on any atom is 0.243 e. The van der Waals surface area contributed by atoms with Crippen LogP contribution in [0.2, 0.25) is 0 Å². The van der Waals surface area contributed by atoms with Gasteiger partial charge < -0.3 is 19.9 Å². The van der Waals surface area contributed by atoms with Crippen molar-refractivity contribution >= 4 is 34.9 Å². The van der Waals surface area contributed by atoms with E-state index in [9.17, 15) is 14.7 Å². The SMILES string of the molecule is Cc1nnc(SC[C@@H]2C[C@H](c3ccc(CO)cc3)O[C@H](c3cccc(-c4cccc(CNC(=O)CCCC(=O)NO)c4)c3)O2)s1. The van der Waals surface area contributed by atoms with Crippen LogP contribution in [0.5, 0.6) is 0 Å². The number of aliphatic hydroxyl groups excluding tert-OH is 1. The van der Waals surface area contributed by atoms with Gasteiger partial charge in [0.1, 0.15) is 5.01 Å². The highest BCUT2D eigenvalue weighted by atomic mass is 32.2. The Morgan fingerprint density at radius 2 is 1.69 bits per heavy atom. The van der Waals surface area contributed by atoms with Crippen LogP contribution in [-0.2, 0) is 32.2 Å². The number of carbonyl (C=O) groups is 2. The van der Waals surface area contributed by atoms with Gasteiger partial charge in [0.2, 0.25) is 11.8 Å². The number of hydroxylamine groups is 1. The second kappa shape index (κ2) is 16.1. The number of rotatable bonds is 13. The van der Waals surface area contributed by atoms with Crippen molar-refractivity contribution in [3.8, 4) is 11.1 Å². The summed E-state index contributed by atoms with van der Waals surface area (Å²) in [6.45, 7) is 2.29. The molecular formula is C33H36N4O6S2. The van der Waals surface area contributed by atoms with Gasteiger partial charge in [0.25, 0.3) is 0 Å². The molecule has 4 aromatic rings. The Bertz CT molecular complexity index is 1580. The van der Waals surface area contributed by atoms with Gasteiger partial charge in [0.05, 0.1) is 18.8 Å². The van der Waals surface area contributed by atoms with Gasteiger partial charge in [-0.25, -0.2) is 5.48 Å². The Morgan fingerprint density at radius 3 is 2.42 bits per heavy atom. The van der Waals surface area contributed by atoms with Gasteiger partial charge in [0.15, 0.2) is 10.6 Å². The van der Waals surface area contributed by atoms with E-state index in [0.717, 1.165) is 42.7 Å². The number of aliphatic hydroxyl groups is 1. The lowest BCUT2D eigenvalue weighted by Gasteiger charge is -2.36. The zero-order chi connectivity index (χ0) is 31.6. The summed E-state index contributed by atoms with van der Waals surface area (Å²) in [6, 6.07) is 23.9. The maximum atomic E-state index is 12.2. The molecule has 12 heteroatoms. The van der Waals surface area contributed by atoms with Crippen LogP contribution in [0.3, 0.4) is 0 Å². The highest BCUT2D eigenvalue weighted by Gasteiger charge is 2.32. The molecule has 10 nitrogen and oxygen atoms in total. The third kappa shape index (κ3) is 9.42. The van der Waals surface area contributed by atoms with Crippen LogP contribution in [0, 0.1) is 6.92 Å². The first-order valence-corrected chi connectivity index (χ1v) is 16.5. The van der Waals surface area contributed by atoms with Gasteiger partial charge in [-0.15, -0.1) is 10.2 Å². The van der Waals surface area contributed by atoms with Crippen LogP contribution in [0.25, 0.3) is 11.1 Å². The number of nitrogens with one attached hydrogen (secondary N) is 2. The molecule has 1 aromatic heterocycles. The fourth-order valence-corrected chi connectivity index (χ4v) is 6.86. The number of benzene rings is 3. The predicted molar refractivity (Wildman–Crippen MR) is 171 cm³/mol. The molecule has 0 unspecified atom stereocenters. The zero-order valence-corrected chi connectivity index (χ0v) is 26.5. The number of aryl methyl sites for hydroxylation is 1. The van der Waals surface area contributed by atoms with Crippen molar-refractivity contribution in [2.24, 2.45) is 0 Å². The average molecular weight is 649 g/mol. The van der Waals surface area contributed by atoms with E-state index in [1.165, 1.54) is 0 Å². The summed E-state index contributed by atoms with van der Waals surface area (Å²) in [4.78, 5) is 23.4. The molecule has 5 rings (SSSR count). The topological polar surface area (TPSA) is 143 Å². The standard InChI is InChI=1S/C33H36N4O6S2/c1-21-35-36-33(45-21)44-20-28-17-29(24-13-11-22(19-38)12-14-24)43-32(42-28)27-8-3-7-26(16-27)25-6-2-5-23(15-25)18-34-30(39)9-4-10-31(40)37-41/h2-3,5-8,11-16,28-29,32,38,41H,4,9-10,17-20H2,1H3,(H,34,39)(H,37,40)/t28-,29+,32+/m0/s1. The second-order valence-electron chi connectivity index (χ2n) is 10.7. The van der Waals surface area contributed by atoms with Crippen LogP contribution in [0.4, 0.5) is 0 Å². The van der Waals surface area contributed by atoms with Crippen LogP contribution in [0.15, 0.2) is 77.1 Å². The van der Waals surface area contributed by atoms with Gasteiger partial charge in [-0.2, -0.15) is 0 Å². The number of carbonyl (C=O) groups excluding carboxylic acids is 2. The van der Waals surface area contributed by atoms with E-state index in [1.54, 1.807) is 28.6 Å². The molecule has 0 spiro atoms. The summed E-state index contributed by atoms with van der Waals surface area (Å²) in [5.74, 6) is 0.0443. The number of ether oxygens (including phenoxy) is 2. The molecule has 4 N–H and O–H groups in total. The molecule has 1 saturated heterocycles. The molecule has 1 aliphatic heterocycles. The van der Waals surface area contributed by atoms with E-state index in [0.29, 0.717) is 25.1 Å². The molecule has 1 fully saturated rings. The van der Waals surface area contributed by atoms with Crippen molar-refractivity contribution in [3.05, 3.63) is 100 Å². The number of aromatic nitrogens is 2. The highest BCUT2D eigenvalue weighted by molar-refractivity contribution is 8.01. The van der Waals surface area contributed by atoms with Gasteiger partial charge in [-0.05, 0) is 53.3 Å². The van der Waals surface area contributed by atoms with Crippen molar-refractivity contribution in [2.75, 3.05) is 5.75 Å². The highest BCUT2D eigenvalue weighted by Crippen LogP contribution is 2.40. The number of amides is 2. The molecule has 0 radical (unpaired) electrons. The lowest BCUT2D eigenvalue weighted by atomic mass is 9.99. The summed E-state index contributed by atoms with van der Waals surface area (Å²) < 4.78 is 14.0. The van der Waals surface area contributed by atoms with Crippen LogP contribution < -0.4 is 10.8 Å². The summed E-state index contributed by atoms with van der Waals surface area (Å²) >= 11 is 3.21. The summed E-state index contributed by atoms with van der Waals surface area (Å²) in [6.07, 6.45) is 0.459. The smallest absolute Gasteiger partial charge is 0.243 e. The van der Waals surface area contributed by atoms with Gasteiger partial charge in [-0.3, -0.25) is 14.8 Å². The Morgan fingerprint density at radius 1 is 0.933 bits per heavy atom. The molecule has 3 aromatic carbocycles. The normalized spacial score (nSPS) is 18.0. The Balaban J connectivity index is 1.28. The number of thioether (sulfide) groups is 1. The van der Waals surface area contributed by atoms with Gasteiger partial charge in [0, 0.05) is 37.1 Å². The molecule has 1 aliphatic rings. The predicted octanol–water partition coefficient (Wildman–Crippen LogP) is 5.64. The minimum atomic E-state index is -0.585. The molecule has 0 saturated carbocycles. The van der Waals surface area contributed by atoms with E-state index in [2.05, 4.69) is 21.6 Å². The molecule has 236 valence electrons. The summed E-state index contributed by atoms with van der Waals surface area (Å²) in [7, 11) is 0. The average Bonchev–Trinajstić information content (AvgIpc) is 3.51. The monoisotopic (exact) mass is 648 g/mol. The van der Waals surface area contributed by atoms with Crippen molar-refractivity contribution in [1.29, 1.82) is 0 Å². The Hall–Kier alpha value is -3.65. The first-order chi connectivity index (χ1) is 21.9. The third-order valence-electron chi connectivity index (χ3n) is 7.36. The number of hydrogen-bond donors (Lipinski definition) is 4. The first-order valence-electron chi connectivity index (χ1n) is 14.7. The van der Waals surface area contributed by atoms with E-state index < -0.39 is 12.2 Å². The second-order valence-corrected chi connectivity index (χ2v) is 13.2. The minimum Gasteiger partial charge on any atom is -0.392 e.